The number of guanidine groups is 1. The van der Waals surface area contributed by atoms with E-state index in [1.807, 2.05) is 36.4 Å². The SMILES string of the molecule is COc1ccc(CN=C(NCCc2ccco2)NCCN2CCOCC2)cc1.I. The number of rotatable bonds is 9. The second-order valence-corrected chi connectivity index (χ2v) is 6.65. The van der Waals surface area contributed by atoms with E-state index in [0.29, 0.717) is 6.54 Å². The van der Waals surface area contributed by atoms with Crippen LogP contribution < -0.4 is 15.4 Å². The minimum absolute atomic E-state index is 0. The van der Waals surface area contributed by atoms with Crippen LogP contribution in [0, 0.1) is 0 Å². The van der Waals surface area contributed by atoms with Gasteiger partial charge in [-0.25, -0.2) is 4.99 Å². The highest BCUT2D eigenvalue weighted by Crippen LogP contribution is 2.11. The lowest BCUT2D eigenvalue weighted by Crippen LogP contribution is -2.44. The molecule has 0 unspecified atom stereocenters. The largest absolute Gasteiger partial charge is 0.497 e. The van der Waals surface area contributed by atoms with E-state index < -0.39 is 0 Å². The Kier molecular flexibility index (Phi) is 10.9. The summed E-state index contributed by atoms with van der Waals surface area (Å²) in [7, 11) is 1.67. The molecule has 1 aromatic heterocycles. The van der Waals surface area contributed by atoms with Crippen molar-refractivity contribution in [2.24, 2.45) is 4.99 Å². The van der Waals surface area contributed by atoms with Gasteiger partial charge in [-0.2, -0.15) is 0 Å². The summed E-state index contributed by atoms with van der Waals surface area (Å²) in [5.74, 6) is 2.64. The molecule has 8 heteroatoms. The van der Waals surface area contributed by atoms with Gasteiger partial charge in [-0.1, -0.05) is 12.1 Å². The van der Waals surface area contributed by atoms with Crippen molar-refractivity contribution in [3.63, 3.8) is 0 Å². The highest BCUT2D eigenvalue weighted by atomic mass is 127. The fourth-order valence-electron chi connectivity index (χ4n) is 2.99. The lowest BCUT2D eigenvalue weighted by molar-refractivity contribution is 0.0389. The molecule has 2 heterocycles. The van der Waals surface area contributed by atoms with E-state index in [2.05, 4.69) is 15.5 Å². The van der Waals surface area contributed by atoms with Crippen LogP contribution >= 0.6 is 24.0 Å². The third kappa shape index (κ3) is 8.63. The Morgan fingerprint density at radius 1 is 1.10 bits per heavy atom. The molecule has 0 spiro atoms. The van der Waals surface area contributed by atoms with Gasteiger partial charge in [0.2, 0.25) is 0 Å². The molecular weight excluding hydrogens is 483 g/mol. The van der Waals surface area contributed by atoms with Crippen molar-refractivity contribution in [3.8, 4) is 5.75 Å². The van der Waals surface area contributed by atoms with Crippen LogP contribution in [0.25, 0.3) is 0 Å². The topological polar surface area (TPSA) is 71.3 Å². The van der Waals surface area contributed by atoms with Gasteiger partial charge >= 0.3 is 0 Å². The molecule has 0 saturated carbocycles. The van der Waals surface area contributed by atoms with Gasteiger partial charge in [0.05, 0.1) is 33.1 Å². The average molecular weight is 514 g/mol. The van der Waals surface area contributed by atoms with Crippen molar-refractivity contribution in [3.05, 3.63) is 54.0 Å². The maximum absolute atomic E-state index is 5.40. The molecule has 160 valence electrons. The van der Waals surface area contributed by atoms with E-state index in [1.54, 1.807) is 13.4 Å². The lowest BCUT2D eigenvalue weighted by atomic mass is 10.2. The van der Waals surface area contributed by atoms with Crippen LogP contribution in [0.2, 0.25) is 0 Å². The number of aliphatic imine (C=N–C) groups is 1. The molecule has 0 amide bonds. The molecule has 1 aliphatic rings. The van der Waals surface area contributed by atoms with Crippen LogP contribution in [0.15, 0.2) is 52.1 Å². The highest BCUT2D eigenvalue weighted by Gasteiger charge is 2.09. The van der Waals surface area contributed by atoms with Gasteiger partial charge in [0, 0.05) is 39.1 Å². The molecule has 0 atom stereocenters. The normalized spacial score (nSPS) is 14.9. The molecule has 3 rings (SSSR count). The number of ether oxygens (including phenoxy) is 2. The third-order valence-corrected chi connectivity index (χ3v) is 4.65. The smallest absolute Gasteiger partial charge is 0.191 e. The summed E-state index contributed by atoms with van der Waals surface area (Å²) in [6, 6.07) is 11.9. The summed E-state index contributed by atoms with van der Waals surface area (Å²) < 4.78 is 16.0. The molecule has 2 N–H and O–H groups in total. The third-order valence-electron chi connectivity index (χ3n) is 4.65. The van der Waals surface area contributed by atoms with Crippen LogP contribution in [0.3, 0.4) is 0 Å². The van der Waals surface area contributed by atoms with Crippen molar-refractivity contribution in [2.45, 2.75) is 13.0 Å². The number of hydrogen-bond acceptors (Lipinski definition) is 5. The Bertz CT molecular complexity index is 701. The average Bonchev–Trinajstić information content (AvgIpc) is 3.26. The zero-order valence-electron chi connectivity index (χ0n) is 16.9. The summed E-state index contributed by atoms with van der Waals surface area (Å²) in [6.07, 6.45) is 2.52. The van der Waals surface area contributed by atoms with E-state index in [9.17, 15) is 0 Å². The molecule has 1 fully saturated rings. The monoisotopic (exact) mass is 514 g/mol. The number of morpholine rings is 1. The summed E-state index contributed by atoms with van der Waals surface area (Å²) in [4.78, 5) is 7.13. The zero-order valence-corrected chi connectivity index (χ0v) is 19.3. The maximum Gasteiger partial charge on any atom is 0.191 e. The molecule has 2 aromatic rings. The minimum atomic E-state index is 0. The minimum Gasteiger partial charge on any atom is -0.497 e. The van der Waals surface area contributed by atoms with Gasteiger partial charge < -0.3 is 24.5 Å². The Labute approximate surface area is 189 Å². The summed E-state index contributed by atoms with van der Waals surface area (Å²) >= 11 is 0. The predicted octanol–water partition coefficient (Wildman–Crippen LogP) is 2.52. The van der Waals surface area contributed by atoms with E-state index in [4.69, 9.17) is 18.9 Å². The molecule has 0 aliphatic carbocycles. The van der Waals surface area contributed by atoms with Crippen molar-refractivity contribution in [1.82, 2.24) is 15.5 Å². The number of nitrogens with zero attached hydrogens (tertiary/aromatic N) is 2. The number of nitrogens with one attached hydrogen (secondary N) is 2. The van der Waals surface area contributed by atoms with Crippen LogP contribution in [0.4, 0.5) is 0 Å². The maximum atomic E-state index is 5.40. The fraction of sp³-hybridized carbons (Fsp3) is 0.476. The predicted molar refractivity (Wildman–Crippen MR) is 125 cm³/mol. The lowest BCUT2D eigenvalue weighted by Gasteiger charge is -2.26. The molecule has 7 nitrogen and oxygen atoms in total. The van der Waals surface area contributed by atoms with Gasteiger partial charge in [0.25, 0.3) is 0 Å². The van der Waals surface area contributed by atoms with Gasteiger partial charge in [0.15, 0.2) is 5.96 Å². The number of benzene rings is 1. The summed E-state index contributed by atoms with van der Waals surface area (Å²) in [6.45, 7) is 6.81. The number of halogens is 1. The number of methoxy groups -OCH3 is 1. The Hall–Kier alpha value is -1.78. The van der Waals surface area contributed by atoms with Crippen molar-refractivity contribution >= 4 is 29.9 Å². The number of hydrogen-bond donors (Lipinski definition) is 2. The molecular formula is C21H31IN4O3. The fourth-order valence-corrected chi connectivity index (χ4v) is 2.99. The van der Waals surface area contributed by atoms with E-state index in [0.717, 1.165) is 75.4 Å². The van der Waals surface area contributed by atoms with Crippen LogP contribution in [-0.4, -0.2) is 63.9 Å². The Balaban J connectivity index is 0.00000300. The van der Waals surface area contributed by atoms with Crippen molar-refractivity contribution < 1.29 is 13.9 Å². The van der Waals surface area contributed by atoms with Gasteiger partial charge in [0.1, 0.15) is 11.5 Å². The van der Waals surface area contributed by atoms with Crippen LogP contribution in [-0.2, 0) is 17.7 Å². The molecule has 1 saturated heterocycles. The van der Waals surface area contributed by atoms with Crippen LogP contribution in [0.5, 0.6) is 5.75 Å². The Morgan fingerprint density at radius 2 is 1.86 bits per heavy atom. The summed E-state index contributed by atoms with van der Waals surface area (Å²) in [5.41, 5.74) is 1.14. The summed E-state index contributed by atoms with van der Waals surface area (Å²) in [5, 5.41) is 6.84. The zero-order chi connectivity index (χ0) is 19.4. The Morgan fingerprint density at radius 3 is 2.55 bits per heavy atom. The van der Waals surface area contributed by atoms with Gasteiger partial charge in [-0.05, 0) is 29.8 Å². The standard InChI is InChI=1S/C21H30N4O3.HI/c1-26-19-6-4-18(5-7-19)17-24-21(22-9-8-20-3-2-14-28-20)23-10-11-25-12-15-27-16-13-25;/h2-7,14H,8-13,15-17H2,1H3,(H2,22,23,24);1H. The first kappa shape index (κ1) is 23.5. The number of furan rings is 1. The molecule has 0 bridgehead atoms. The first-order chi connectivity index (χ1) is 13.8. The van der Waals surface area contributed by atoms with E-state index >= 15 is 0 Å². The van der Waals surface area contributed by atoms with E-state index in [1.165, 1.54) is 0 Å². The van der Waals surface area contributed by atoms with Crippen LogP contribution in [0.1, 0.15) is 11.3 Å². The molecule has 29 heavy (non-hydrogen) atoms. The van der Waals surface area contributed by atoms with Gasteiger partial charge in [-0.15, -0.1) is 24.0 Å². The molecule has 0 radical (unpaired) electrons. The molecule has 1 aliphatic heterocycles. The van der Waals surface area contributed by atoms with Crippen molar-refractivity contribution in [1.29, 1.82) is 0 Å². The first-order valence-electron chi connectivity index (χ1n) is 9.81. The van der Waals surface area contributed by atoms with Gasteiger partial charge in [-0.3, -0.25) is 4.90 Å². The quantitative estimate of drug-likeness (QED) is 0.305. The second-order valence-electron chi connectivity index (χ2n) is 6.65. The first-order valence-corrected chi connectivity index (χ1v) is 9.81. The second kappa shape index (κ2) is 13.4. The molecule has 1 aromatic carbocycles. The highest BCUT2D eigenvalue weighted by molar-refractivity contribution is 14.0. The van der Waals surface area contributed by atoms with Crippen molar-refractivity contribution in [2.75, 3.05) is 53.0 Å². The van der Waals surface area contributed by atoms with E-state index in [-0.39, 0.29) is 24.0 Å².